The van der Waals surface area contributed by atoms with Crippen LogP contribution < -0.4 is 16.0 Å². The number of morpholine rings is 1. The highest BCUT2D eigenvalue weighted by Gasteiger charge is 2.29. The number of amides is 1. The second-order valence-electron chi connectivity index (χ2n) is 4.71. The molecule has 1 atom stereocenters. The van der Waals surface area contributed by atoms with Gasteiger partial charge < -0.3 is 20.7 Å². The van der Waals surface area contributed by atoms with Crippen molar-refractivity contribution in [2.75, 3.05) is 42.8 Å². The highest BCUT2D eigenvalue weighted by atomic mass is 32.2. The number of nitrogens with two attached hydrogens (primary N) is 1. The largest absolute Gasteiger partial charge is 0.377 e. The summed E-state index contributed by atoms with van der Waals surface area (Å²) < 4.78 is 5.34. The van der Waals surface area contributed by atoms with Crippen LogP contribution in [0.5, 0.6) is 0 Å². The summed E-state index contributed by atoms with van der Waals surface area (Å²) in [6.07, 6.45) is 2.93. The molecular formula is C13H21N5O2S. The van der Waals surface area contributed by atoms with Gasteiger partial charge in [0, 0.05) is 19.2 Å². The molecule has 1 saturated heterocycles. The van der Waals surface area contributed by atoms with Gasteiger partial charge in [0.25, 0.3) is 0 Å². The summed E-state index contributed by atoms with van der Waals surface area (Å²) in [5.41, 5.74) is 5.46. The van der Waals surface area contributed by atoms with Gasteiger partial charge in [-0.1, -0.05) is 18.7 Å². The van der Waals surface area contributed by atoms with Gasteiger partial charge in [0.15, 0.2) is 5.16 Å². The van der Waals surface area contributed by atoms with E-state index in [4.69, 9.17) is 10.5 Å². The van der Waals surface area contributed by atoms with Crippen molar-refractivity contribution in [1.82, 2.24) is 9.97 Å². The minimum absolute atomic E-state index is 0.297. The molecule has 0 radical (unpaired) electrons. The Morgan fingerprint density at radius 1 is 1.62 bits per heavy atom. The van der Waals surface area contributed by atoms with E-state index in [0.717, 1.165) is 18.8 Å². The molecule has 0 saturated carbocycles. The monoisotopic (exact) mass is 311 g/mol. The highest BCUT2D eigenvalue weighted by Crippen LogP contribution is 2.23. The van der Waals surface area contributed by atoms with Crippen molar-refractivity contribution in [3.8, 4) is 0 Å². The number of carbonyl (C=O) groups is 1. The number of anilines is 2. The lowest BCUT2D eigenvalue weighted by Gasteiger charge is -2.34. The lowest BCUT2D eigenvalue weighted by molar-refractivity contribution is -0.121. The number of nitrogens with zero attached hydrogens (tertiary/aromatic N) is 3. The van der Waals surface area contributed by atoms with Gasteiger partial charge in [0.05, 0.1) is 13.2 Å². The molecule has 1 aliphatic heterocycles. The number of ether oxygens (including phenoxy) is 1. The number of carbonyl (C=O) groups excluding carboxylic acids is 1. The second kappa shape index (κ2) is 7.46. The van der Waals surface area contributed by atoms with E-state index in [1.54, 1.807) is 0 Å². The SMILES string of the molecule is CCCNc1cc(N2CCOCC2C(N)=O)nc(SC)n1. The number of aromatic nitrogens is 2. The highest BCUT2D eigenvalue weighted by molar-refractivity contribution is 7.98. The van der Waals surface area contributed by atoms with Crippen LogP contribution in [0.25, 0.3) is 0 Å². The molecule has 1 aliphatic rings. The molecule has 1 aromatic rings. The zero-order valence-electron chi connectivity index (χ0n) is 12.3. The normalized spacial score (nSPS) is 18.6. The molecule has 1 fully saturated rings. The molecule has 1 amide bonds. The Morgan fingerprint density at radius 2 is 2.43 bits per heavy atom. The summed E-state index contributed by atoms with van der Waals surface area (Å²) in [5, 5.41) is 3.92. The van der Waals surface area contributed by atoms with Gasteiger partial charge in [-0.05, 0) is 12.7 Å². The molecule has 0 spiro atoms. The van der Waals surface area contributed by atoms with E-state index >= 15 is 0 Å². The molecular weight excluding hydrogens is 290 g/mol. The van der Waals surface area contributed by atoms with Crippen LogP contribution in [-0.2, 0) is 9.53 Å². The molecule has 7 nitrogen and oxygen atoms in total. The Bertz CT molecular complexity index is 499. The first-order valence-corrected chi connectivity index (χ1v) is 8.18. The third kappa shape index (κ3) is 3.98. The Kier molecular flexibility index (Phi) is 5.63. The average molecular weight is 311 g/mol. The van der Waals surface area contributed by atoms with Gasteiger partial charge >= 0.3 is 0 Å². The maximum Gasteiger partial charge on any atom is 0.242 e. The fourth-order valence-electron chi connectivity index (χ4n) is 2.11. The van der Waals surface area contributed by atoms with Crippen molar-refractivity contribution in [2.24, 2.45) is 5.73 Å². The molecule has 21 heavy (non-hydrogen) atoms. The van der Waals surface area contributed by atoms with Crippen molar-refractivity contribution in [1.29, 1.82) is 0 Å². The number of primary amides is 1. The van der Waals surface area contributed by atoms with Gasteiger partial charge in [-0.3, -0.25) is 4.79 Å². The molecule has 8 heteroatoms. The maximum absolute atomic E-state index is 11.6. The van der Waals surface area contributed by atoms with E-state index in [1.807, 2.05) is 17.2 Å². The third-order valence-electron chi connectivity index (χ3n) is 3.18. The van der Waals surface area contributed by atoms with Crippen LogP contribution in [0, 0.1) is 0 Å². The first-order chi connectivity index (χ1) is 10.2. The standard InChI is InChI=1S/C13H21N5O2S/c1-3-4-15-10-7-11(17-13(16-10)21-2)18-5-6-20-8-9(18)12(14)19/h7,9H,3-6,8H2,1-2H3,(H2,14,19)(H,15,16,17). The number of thioether (sulfide) groups is 1. The van der Waals surface area contributed by atoms with Gasteiger partial charge in [-0.15, -0.1) is 0 Å². The quantitative estimate of drug-likeness (QED) is 0.590. The van der Waals surface area contributed by atoms with Gasteiger partial charge in [0.1, 0.15) is 17.7 Å². The van der Waals surface area contributed by atoms with Crippen LogP contribution in [0.2, 0.25) is 0 Å². The lowest BCUT2D eigenvalue weighted by Crippen LogP contribution is -2.53. The smallest absolute Gasteiger partial charge is 0.242 e. The van der Waals surface area contributed by atoms with E-state index < -0.39 is 11.9 Å². The predicted octanol–water partition coefficient (Wildman–Crippen LogP) is 0.711. The van der Waals surface area contributed by atoms with E-state index in [2.05, 4.69) is 22.2 Å². The summed E-state index contributed by atoms with van der Waals surface area (Å²) in [4.78, 5) is 22.4. The Labute approximate surface area is 128 Å². The van der Waals surface area contributed by atoms with Crippen molar-refractivity contribution in [3.05, 3.63) is 6.07 Å². The van der Waals surface area contributed by atoms with Crippen LogP contribution in [-0.4, -0.2) is 54.5 Å². The lowest BCUT2D eigenvalue weighted by atomic mass is 10.2. The van der Waals surface area contributed by atoms with Crippen molar-refractivity contribution in [3.63, 3.8) is 0 Å². The van der Waals surface area contributed by atoms with Crippen molar-refractivity contribution >= 4 is 29.3 Å². The van der Waals surface area contributed by atoms with Crippen LogP contribution in [0.3, 0.4) is 0 Å². The molecule has 3 N–H and O–H groups in total. The van der Waals surface area contributed by atoms with Crippen LogP contribution >= 0.6 is 11.8 Å². The average Bonchev–Trinajstić information content (AvgIpc) is 2.52. The molecule has 1 unspecified atom stereocenters. The molecule has 1 aromatic heterocycles. The molecule has 116 valence electrons. The van der Waals surface area contributed by atoms with E-state index in [9.17, 15) is 4.79 Å². The van der Waals surface area contributed by atoms with Crippen molar-refractivity contribution in [2.45, 2.75) is 24.5 Å². The number of hydrogen-bond donors (Lipinski definition) is 2. The predicted molar refractivity (Wildman–Crippen MR) is 83.7 cm³/mol. The Morgan fingerprint density at radius 3 is 3.10 bits per heavy atom. The molecule has 2 heterocycles. The zero-order valence-corrected chi connectivity index (χ0v) is 13.2. The van der Waals surface area contributed by atoms with Gasteiger partial charge in [-0.25, -0.2) is 9.97 Å². The summed E-state index contributed by atoms with van der Waals surface area (Å²) in [6, 6.07) is 1.37. The summed E-state index contributed by atoms with van der Waals surface area (Å²) in [6.45, 7) is 4.37. The van der Waals surface area contributed by atoms with E-state index in [0.29, 0.717) is 30.7 Å². The number of rotatable bonds is 6. The number of hydrogen-bond acceptors (Lipinski definition) is 7. The van der Waals surface area contributed by atoms with E-state index in [1.165, 1.54) is 11.8 Å². The first-order valence-electron chi connectivity index (χ1n) is 6.96. The minimum Gasteiger partial charge on any atom is -0.377 e. The first kappa shape index (κ1) is 15.8. The van der Waals surface area contributed by atoms with Gasteiger partial charge in [0.2, 0.25) is 5.91 Å². The molecule has 0 aliphatic carbocycles. The molecule has 2 rings (SSSR count). The topological polar surface area (TPSA) is 93.4 Å². The Hall–Kier alpha value is -1.54. The minimum atomic E-state index is -0.484. The Balaban J connectivity index is 2.29. The zero-order chi connectivity index (χ0) is 15.2. The summed E-state index contributed by atoms with van der Waals surface area (Å²) >= 11 is 1.47. The summed E-state index contributed by atoms with van der Waals surface area (Å²) in [5.74, 6) is 1.07. The van der Waals surface area contributed by atoms with Gasteiger partial charge in [-0.2, -0.15) is 0 Å². The third-order valence-corrected chi connectivity index (χ3v) is 3.73. The number of nitrogens with one attached hydrogen (secondary N) is 1. The molecule has 0 aromatic carbocycles. The van der Waals surface area contributed by atoms with Crippen LogP contribution in [0.4, 0.5) is 11.6 Å². The fraction of sp³-hybridized carbons (Fsp3) is 0.615. The van der Waals surface area contributed by atoms with Crippen LogP contribution in [0.15, 0.2) is 11.2 Å². The molecule has 0 bridgehead atoms. The maximum atomic E-state index is 11.6. The second-order valence-corrected chi connectivity index (χ2v) is 5.48. The van der Waals surface area contributed by atoms with Crippen LogP contribution in [0.1, 0.15) is 13.3 Å². The van der Waals surface area contributed by atoms with E-state index in [-0.39, 0.29) is 0 Å². The van der Waals surface area contributed by atoms with Crippen molar-refractivity contribution < 1.29 is 9.53 Å². The summed E-state index contributed by atoms with van der Waals surface area (Å²) in [7, 11) is 0. The fourth-order valence-corrected chi connectivity index (χ4v) is 2.48.